The Morgan fingerprint density at radius 2 is 1.81 bits per heavy atom. The van der Waals surface area contributed by atoms with Crippen LogP contribution in [0.5, 0.6) is 5.75 Å². The van der Waals surface area contributed by atoms with Crippen molar-refractivity contribution in [1.82, 2.24) is 0 Å². The quantitative estimate of drug-likeness (QED) is 0.881. The van der Waals surface area contributed by atoms with Gasteiger partial charge in [0.05, 0.1) is 0 Å². The van der Waals surface area contributed by atoms with Crippen molar-refractivity contribution < 1.29 is 27.8 Å². The minimum Gasteiger partial charge on any atom is -0.490 e. The number of para-hydroxylation sites is 1. The Balaban J connectivity index is 0.000000270. The van der Waals surface area contributed by atoms with Crippen LogP contribution in [0.25, 0.3) is 0 Å². The highest BCUT2D eigenvalue weighted by atomic mass is 19.4. The van der Waals surface area contributed by atoms with Crippen LogP contribution in [0.4, 0.5) is 13.2 Å². The van der Waals surface area contributed by atoms with Gasteiger partial charge in [0, 0.05) is 6.04 Å². The molecule has 7 heteroatoms. The summed E-state index contributed by atoms with van der Waals surface area (Å²) in [6.07, 6.45) is -0.286. The second kappa shape index (κ2) is 7.87. The molecule has 21 heavy (non-hydrogen) atoms. The molecule has 4 nitrogen and oxygen atoms in total. The van der Waals surface area contributed by atoms with Crippen molar-refractivity contribution >= 4 is 5.97 Å². The Morgan fingerprint density at radius 1 is 1.24 bits per heavy atom. The predicted molar refractivity (Wildman–Crippen MR) is 71.0 cm³/mol. The monoisotopic (exact) mass is 305 g/mol. The summed E-state index contributed by atoms with van der Waals surface area (Å²) in [6.45, 7) is 0. The summed E-state index contributed by atoms with van der Waals surface area (Å²) in [7, 11) is 0. The lowest BCUT2D eigenvalue weighted by atomic mass is 9.93. The van der Waals surface area contributed by atoms with Gasteiger partial charge in [-0.15, -0.1) is 0 Å². The number of hydrogen-bond acceptors (Lipinski definition) is 3. The third kappa shape index (κ3) is 6.99. The van der Waals surface area contributed by atoms with Crippen molar-refractivity contribution in [1.29, 1.82) is 0 Å². The number of aliphatic carboxylic acids is 1. The molecule has 1 aliphatic rings. The van der Waals surface area contributed by atoms with E-state index in [2.05, 4.69) is 0 Å². The highest BCUT2D eigenvalue weighted by Crippen LogP contribution is 2.22. The molecule has 2 rings (SSSR count). The summed E-state index contributed by atoms with van der Waals surface area (Å²) in [4.78, 5) is 8.90. The Kier molecular flexibility index (Phi) is 6.48. The number of alkyl halides is 3. The zero-order valence-corrected chi connectivity index (χ0v) is 11.3. The van der Waals surface area contributed by atoms with E-state index in [0.717, 1.165) is 25.0 Å². The molecular formula is C14H18F3NO3. The van der Waals surface area contributed by atoms with E-state index in [9.17, 15) is 13.2 Å². The van der Waals surface area contributed by atoms with Gasteiger partial charge in [-0.25, -0.2) is 4.79 Å². The standard InChI is InChI=1S/C12H17NO.C2HF3O2/c13-10-5-4-8-12(9-10)14-11-6-2-1-3-7-11;3-2(4,5)1(6)7/h1-3,6-7,10,12H,4-5,8-9,13H2;(H,6,7)/t10-,12+;/m0./s1. The second-order valence-electron chi connectivity index (χ2n) is 4.78. The summed E-state index contributed by atoms with van der Waals surface area (Å²) < 4.78 is 37.6. The minimum atomic E-state index is -5.08. The normalized spacial score (nSPS) is 21.9. The van der Waals surface area contributed by atoms with Gasteiger partial charge in [0.2, 0.25) is 0 Å². The highest BCUT2D eigenvalue weighted by Gasteiger charge is 2.38. The van der Waals surface area contributed by atoms with E-state index in [-0.39, 0.29) is 0 Å². The van der Waals surface area contributed by atoms with E-state index in [4.69, 9.17) is 20.4 Å². The fourth-order valence-corrected chi connectivity index (χ4v) is 1.98. The van der Waals surface area contributed by atoms with Crippen molar-refractivity contribution in [3.05, 3.63) is 30.3 Å². The van der Waals surface area contributed by atoms with Crippen LogP contribution >= 0.6 is 0 Å². The summed E-state index contributed by atoms with van der Waals surface area (Å²) in [5.41, 5.74) is 5.90. The third-order valence-corrected chi connectivity index (χ3v) is 2.96. The molecule has 1 fully saturated rings. The number of carboxylic acid groups (broad SMARTS) is 1. The molecule has 0 amide bonds. The van der Waals surface area contributed by atoms with Gasteiger partial charge in [0.15, 0.2) is 0 Å². The number of carbonyl (C=O) groups is 1. The van der Waals surface area contributed by atoms with Crippen LogP contribution in [0.1, 0.15) is 25.7 Å². The lowest BCUT2D eigenvalue weighted by Gasteiger charge is -2.27. The number of benzene rings is 1. The van der Waals surface area contributed by atoms with Gasteiger partial charge >= 0.3 is 12.1 Å². The molecule has 118 valence electrons. The number of halogens is 3. The molecule has 2 atom stereocenters. The van der Waals surface area contributed by atoms with Crippen LogP contribution in [-0.4, -0.2) is 29.4 Å². The molecule has 1 aromatic rings. The zero-order valence-electron chi connectivity index (χ0n) is 11.3. The first kappa shape index (κ1) is 17.3. The molecular weight excluding hydrogens is 287 g/mol. The number of rotatable bonds is 2. The van der Waals surface area contributed by atoms with Crippen molar-refractivity contribution in [2.45, 2.75) is 44.0 Å². The SMILES string of the molecule is N[C@H]1CCC[C@@H](Oc2ccccc2)C1.O=C(O)C(F)(F)F. The Hall–Kier alpha value is -1.76. The van der Waals surface area contributed by atoms with Gasteiger partial charge in [0.25, 0.3) is 0 Å². The summed E-state index contributed by atoms with van der Waals surface area (Å²) in [5.74, 6) is -1.79. The fraction of sp³-hybridized carbons (Fsp3) is 0.500. The van der Waals surface area contributed by atoms with Crippen molar-refractivity contribution in [2.24, 2.45) is 5.73 Å². The van der Waals surface area contributed by atoms with Gasteiger partial charge in [-0.2, -0.15) is 13.2 Å². The van der Waals surface area contributed by atoms with Gasteiger partial charge < -0.3 is 15.6 Å². The van der Waals surface area contributed by atoms with Crippen molar-refractivity contribution in [3.63, 3.8) is 0 Å². The maximum absolute atomic E-state index is 10.6. The molecule has 0 saturated heterocycles. The molecule has 1 saturated carbocycles. The van der Waals surface area contributed by atoms with Crippen LogP contribution in [0, 0.1) is 0 Å². The smallest absolute Gasteiger partial charge is 0.490 e. The van der Waals surface area contributed by atoms with E-state index in [1.165, 1.54) is 6.42 Å². The first-order valence-electron chi connectivity index (χ1n) is 6.56. The van der Waals surface area contributed by atoms with E-state index >= 15 is 0 Å². The highest BCUT2D eigenvalue weighted by molar-refractivity contribution is 5.73. The first-order valence-corrected chi connectivity index (χ1v) is 6.56. The molecule has 1 aromatic carbocycles. The van der Waals surface area contributed by atoms with E-state index in [1.807, 2.05) is 30.3 Å². The Labute approximate surface area is 120 Å². The molecule has 0 unspecified atom stereocenters. The van der Waals surface area contributed by atoms with Crippen LogP contribution < -0.4 is 10.5 Å². The topological polar surface area (TPSA) is 72.5 Å². The molecule has 0 aliphatic heterocycles. The average Bonchev–Trinajstić information content (AvgIpc) is 2.39. The van der Waals surface area contributed by atoms with Gasteiger partial charge in [-0.05, 0) is 37.8 Å². The largest absolute Gasteiger partial charge is 0.490 e. The minimum absolute atomic E-state index is 0.321. The van der Waals surface area contributed by atoms with Crippen LogP contribution in [0.2, 0.25) is 0 Å². The molecule has 0 heterocycles. The molecule has 0 aromatic heterocycles. The number of ether oxygens (including phenoxy) is 1. The molecule has 0 spiro atoms. The fourth-order valence-electron chi connectivity index (χ4n) is 1.98. The molecule has 0 radical (unpaired) electrons. The lowest BCUT2D eigenvalue weighted by molar-refractivity contribution is -0.192. The second-order valence-corrected chi connectivity index (χ2v) is 4.78. The van der Waals surface area contributed by atoms with Crippen molar-refractivity contribution in [2.75, 3.05) is 0 Å². The molecule has 3 N–H and O–H groups in total. The van der Waals surface area contributed by atoms with Gasteiger partial charge in [-0.3, -0.25) is 0 Å². The molecule has 0 bridgehead atoms. The number of hydrogen-bond donors (Lipinski definition) is 2. The number of nitrogens with two attached hydrogens (primary N) is 1. The average molecular weight is 305 g/mol. The van der Waals surface area contributed by atoms with Gasteiger partial charge in [-0.1, -0.05) is 18.2 Å². The Morgan fingerprint density at radius 3 is 2.29 bits per heavy atom. The zero-order chi connectivity index (χ0) is 15.9. The number of carboxylic acids is 1. The Bertz CT molecular complexity index is 437. The lowest BCUT2D eigenvalue weighted by Crippen LogP contribution is -2.33. The van der Waals surface area contributed by atoms with E-state index in [1.54, 1.807) is 0 Å². The summed E-state index contributed by atoms with van der Waals surface area (Å²) in [6, 6.07) is 10.3. The van der Waals surface area contributed by atoms with Crippen LogP contribution in [0.15, 0.2) is 30.3 Å². The van der Waals surface area contributed by atoms with Gasteiger partial charge in [0.1, 0.15) is 11.9 Å². The molecule has 1 aliphatic carbocycles. The first-order chi connectivity index (χ1) is 9.79. The predicted octanol–water partition coefficient (Wildman–Crippen LogP) is 2.97. The van der Waals surface area contributed by atoms with Crippen LogP contribution in [0.3, 0.4) is 0 Å². The maximum Gasteiger partial charge on any atom is 0.490 e. The van der Waals surface area contributed by atoms with Crippen LogP contribution in [-0.2, 0) is 4.79 Å². The van der Waals surface area contributed by atoms with E-state index < -0.39 is 12.1 Å². The summed E-state index contributed by atoms with van der Waals surface area (Å²) in [5, 5.41) is 7.12. The third-order valence-electron chi connectivity index (χ3n) is 2.96. The summed E-state index contributed by atoms with van der Waals surface area (Å²) >= 11 is 0. The maximum atomic E-state index is 10.6. The van der Waals surface area contributed by atoms with Crippen molar-refractivity contribution in [3.8, 4) is 5.75 Å². The van der Waals surface area contributed by atoms with E-state index in [0.29, 0.717) is 12.1 Å².